The van der Waals surface area contributed by atoms with Gasteiger partial charge in [-0.1, -0.05) is 32.4 Å². The lowest BCUT2D eigenvalue weighted by molar-refractivity contribution is 0.600. The molecule has 13 heavy (non-hydrogen) atoms. The first-order valence-electron chi connectivity index (χ1n) is 4.85. The first-order chi connectivity index (χ1) is 6.13. The van der Waals surface area contributed by atoms with Crippen LogP contribution in [0.1, 0.15) is 32.8 Å². The third-order valence-corrected chi connectivity index (χ3v) is 2.19. The lowest BCUT2D eigenvalue weighted by Gasteiger charge is -2.00. The van der Waals surface area contributed by atoms with E-state index in [4.69, 9.17) is 11.6 Å². The van der Waals surface area contributed by atoms with Crippen molar-refractivity contribution in [3.8, 4) is 0 Å². The number of aryl methyl sites for hydroxylation is 1. The monoisotopic (exact) mass is 200 g/mol. The van der Waals surface area contributed by atoms with E-state index in [0.29, 0.717) is 11.1 Å². The third kappa shape index (κ3) is 3.03. The van der Waals surface area contributed by atoms with Gasteiger partial charge in [0.2, 0.25) is 0 Å². The highest BCUT2D eigenvalue weighted by molar-refractivity contribution is 6.30. The average Bonchev–Trinajstić information content (AvgIpc) is 2.31. The Bertz CT molecular complexity index is 266. The Morgan fingerprint density at radius 2 is 2.23 bits per heavy atom. The predicted octanol–water partition coefficient (Wildman–Crippen LogP) is 3.15. The van der Waals surface area contributed by atoms with Gasteiger partial charge in [-0.25, -0.2) is 0 Å². The van der Waals surface area contributed by atoms with Gasteiger partial charge in [-0.3, -0.25) is 4.68 Å². The molecule has 1 aromatic rings. The molecule has 3 heteroatoms. The van der Waals surface area contributed by atoms with E-state index >= 15 is 0 Å². The Hall–Kier alpha value is -0.500. The van der Waals surface area contributed by atoms with Crippen LogP contribution >= 0.6 is 11.6 Å². The van der Waals surface area contributed by atoms with E-state index in [2.05, 4.69) is 32.1 Å². The predicted molar refractivity (Wildman–Crippen MR) is 56.1 cm³/mol. The van der Waals surface area contributed by atoms with Crippen molar-refractivity contribution in [3.63, 3.8) is 0 Å². The van der Waals surface area contributed by atoms with Crippen LogP contribution in [-0.4, -0.2) is 9.78 Å². The minimum Gasteiger partial charge on any atom is -0.271 e. The first kappa shape index (κ1) is 10.6. The maximum atomic E-state index is 5.99. The summed E-state index contributed by atoms with van der Waals surface area (Å²) in [5.74, 6) is 0.636. The fraction of sp³-hybridized carbons (Fsp3) is 0.700. The zero-order valence-corrected chi connectivity index (χ0v) is 9.30. The van der Waals surface area contributed by atoms with Crippen molar-refractivity contribution < 1.29 is 0 Å². The number of nitrogens with zero attached hydrogens (tertiary/aromatic N) is 2. The molecule has 0 unspecified atom stereocenters. The summed E-state index contributed by atoms with van der Waals surface area (Å²) in [5, 5.41) is 4.90. The van der Waals surface area contributed by atoms with Gasteiger partial charge in [0, 0.05) is 18.3 Å². The molecule has 2 nitrogen and oxygen atoms in total. The van der Waals surface area contributed by atoms with Crippen LogP contribution < -0.4 is 0 Å². The molecule has 0 bridgehead atoms. The van der Waals surface area contributed by atoms with Crippen molar-refractivity contribution in [2.75, 3.05) is 0 Å². The molecule has 0 aliphatic rings. The molecule has 1 rings (SSSR count). The summed E-state index contributed by atoms with van der Waals surface area (Å²) < 4.78 is 1.93. The van der Waals surface area contributed by atoms with Crippen molar-refractivity contribution >= 4 is 11.6 Å². The van der Waals surface area contributed by atoms with Crippen molar-refractivity contribution in [1.82, 2.24) is 9.78 Å². The number of hydrogen-bond acceptors (Lipinski definition) is 1. The molecule has 0 radical (unpaired) electrons. The second-order valence-corrected chi connectivity index (χ2v) is 4.16. The zero-order chi connectivity index (χ0) is 9.84. The second kappa shape index (κ2) is 4.66. The van der Waals surface area contributed by atoms with E-state index in [0.717, 1.165) is 19.4 Å². The molecule has 1 aromatic heterocycles. The van der Waals surface area contributed by atoms with Crippen molar-refractivity contribution in [2.24, 2.45) is 5.92 Å². The van der Waals surface area contributed by atoms with Crippen LogP contribution in [0.3, 0.4) is 0 Å². The van der Waals surface area contributed by atoms with E-state index in [-0.39, 0.29) is 0 Å². The zero-order valence-electron chi connectivity index (χ0n) is 8.55. The fourth-order valence-electron chi connectivity index (χ4n) is 1.36. The van der Waals surface area contributed by atoms with Crippen LogP contribution in [0.25, 0.3) is 0 Å². The highest BCUT2D eigenvalue weighted by Crippen LogP contribution is 2.17. The van der Waals surface area contributed by atoms with Crippen molar-refractivity contribution in [2.45, 2.75) is 40.2 Å². The number of hydrogen-bond donors (Lipinski definition) is 0. The van der Waals surface area contributed by atoms with Crippen molar-refractivity contribution in [3.05, 3.63) is 16.9 Å². The van der Waals surface area contributed by atoms with E-state index in [9.17, 15) is 0 Å². The van der Waals surface area contributed by atoms with Gasteiger partial charge in [-0.2, -0.15) is 5.10 Å². The summed E-state index contributed by atoms with van der Waals surface area (Å²) in [6.45, 7) is 7.47. The van der Waals surface area contributed by atoms with Gasteiger partial charge in [-0.05, 0) is 18.8 Å². The van der Waals surface area contributed by atoms with Gasteiger partial charge in [0.1, 0.15) is 0 Å². The Labute approximate surface area is 84.9 Å². The number of rotatable bonds is 4. The minimum atomic E-state index is 0.636. The van der Waals surface area contributed by atoms with Crippen LogP contribution in [0, 0.1) is 5.92 Å². The number of aromatic nitrogens is 2. The van der Waals surface area contributed by atoms with Crippen LogP contribution in [0.15, 0.2) is 6.20 Å². The van der Waals surface area contributed by atoms with Gasteiger partial charge in [0.05, 0.1) is 0 Å². The van der Waals surface area contributed by atoms with Gasteiger partial charge in [-0.15, -0.1) is 0 Å². The number of halogens is 1. The van der Waals surface area contributed by atoms with Crippen LogP contribution in [0.5, 0.6) is 0 Å². The van der Waals surface area contributed by atoms with Crippen LogP contribution in [-0.2, 0) is 13.0 Å². The molecule has 0 aliphatic carbocycles. The fourth-order valence-corrected chi connectivity index (χ4v) is 1.58. The standard InChI is InChI=1S/C10H17ClN2/c1-4-5-13-7-9(6-8(2)3)10(11)12-13/h7-8H,4-6H2,1-3H3. The summed E-state index contributed by atoms with van der Waals surface area (Å²) >= 11 is 5.99. The Morgan fingerprint density at radius 1 is 1.54 bits per heavy atom. The molecular formula is C10H17ClN2. The lowest BCUT2D eigenvalue weighted by atomic mass is 10.1. The van der Waals surface area contributed by atoms with Gasteiger partial charge in [0.25, 0.3) is 0 Å². The SMILES string of the molecule is CCCn1cc(CC(C)C)c(Cl)n1. The van der Waals surface area contributed by atoms with Crippen molar-refractivity contribution in [1.29, 1.82) is 0 Å². The summed E-state index contributed by atoms with van der Waals surface area (Å²) in [4.78, 5) is 0. The summed E-state index contributed by atoms with van der Waals surface area (Å²) in [7, 11) is 0. The maximum absolute atomic E-state index is 5.99. The molecule has 0 saturated heterocycles. The minimum absolute atomic E-state index is 0.636. The van der Waals surface area contributed by atoms with E-state index in [1.807, 2.05) is 4.68 Å². The average molecular weight is 201 g/mol. The van der Waals surface area contributed by atoms with Gasteiger partial charge < -0.3 is 0 Å². The van der Waals surface area contributed by atoms with E-state index in [1.165, 1.54) is 5.56 Å². The Kier molecular flexibility index (Phi) is 3.79. The summed E-state index contributed by atoms with van der Waals surface area (Å²) in [6.07, 6.45) is 4.17. The second-order valence-electron chi connectivity index (χ2n) is 3.81. The lowest BCUT2D eigenvalue weighted by Crippen LogP contribution is -1.96. The Balaban J connectivity index is 2.71. The molecule has 0 aliphatic heterocycles. The molecule has 0 amide bonds. The normalized spacial score (nSPS) is 11.2. The van der Waals surface area contributed by atoms with E-state index in [1.54, 1.807) is 0 Å². The molecular weight excluding hydrogens is 184 g/mol. The van der Waals surface area contributed by atoms with Gasteiger partial charge in [0.15, 0.2) is 5.15 Å². The molecule has 0 saturated carbocycles. The topological polar surface area (TPSA) is 17.8 Å². The molecule has 0 N–H and O–H groups in total. The first-order valence-corrected chi connectivity index (χ1v) is 5.23. The van der Waals surface area contributed by atoms with Crippen LogP contribution in [0.4, 0.5) is 0 Å². The van der Waals surface area contributed by atoms with Crippen LogP contribution in [0.2, 0.25) is 5.15 Å². The summed E-state index contributed by atoms with van der Waals surface area (Å²) in [5.41, 5.74) is 1.17. The molecule has 1 heterocycles. The van der Waals surface area contributed by atoms with Gasteiger partial charge >= 0.3 is 0 Å². The molecule has 74 valence electrons. The quantitative estimate of drug-likeness (QED) is 0.730. The smallest absolute Gasteiger partial charge is 0.154 e. The largest absolute Gasteiger partial charge is 0.271 e. The molecule has 0 spiro atoms. The highest BCUT2D eigenvalue weighted by Gasteiger charge is 2.07. The summed E-state index contributed by atoms with van der Waals surface area (Å²) in [6, 6.07) is 0. The Morgan fingerprint density at radius 3 is 2.77 bits per heavy atom. The molecule has 0 fully saturated rings. The highest BCUT2D eigenvalue weighted by atomic mass is 35.5. The van der Waals surface area contributed by atoms with E-state index < -0.39 is 0 Å². The third-order valence-electron chi connectivity index (χ3n) is 1.87. The molecule has 0 aromatic carbocycles. The molecule has 0 atom stereocenters. The maximum Gasteiger partial charge on any atom is 0.154 e.